The number of rotatable bonds is 4. The van der Waals surface area contributed by atoms with E-state index in [1.54, 1.807) is 11.4 Å². The number of carbonyl (C=O) groups excluding carboxylic acids is 1. The van der Waals surface area contributed by atoms with E-state index in [2.05, 4.69) is 5.32 Å². The van der Waals surface area contributed by atoms with Crippen molar-refractivity contribution in [2.24, 2.45) is 0 Å². The molecule has 94 valence electrons. The Bertz CT molecular complexity index is 399. The normalized spacial score (nSPS) is 20.7. The highest BCUT2D eigenvalue weighted by molar-refractivity contribution is 7.12. The zero-order valence-corrected chi connectivity index (χ0v) is 10.9. The molecule has 1 aliphatic heterocycles. The fourth-order valence-electron chi connectivity index (χ4n) is 1.85. The minimum Gasteiger partial charge on any atom is -0.350 e. The second-order valence-electron chi connectivity index (χ2n) is 4.04. The fourth-order valence-corrected chi connectivity index (χ4v) is 2.91. The van der Waals surface area contributed by atoms with Crippen molar-refractivity contribution in [3.8, 4) is 0 Å². The fraction of sp³-hybridized carbons (Fsp3) is 0.545. The zero-order valence-electron chi connectivity index (χ0n) is 9.29. The van der Waals surface area contributed by atoms with E-state index in [0.717, 1.165) is 6.54 Å². The zero-order chi connectivity index (χ0) is 12.3. The monoisotopic (exact) mass is 276 g/mol. The maximum absolute atomic E-state index is 12.9. The van der Waals surface area contributed by atoms with Crippen molar-refractivity contribution in [2.45, 2.75) is 12.6 Å². The molecule has 6 heteroatoms. The van der Waals surface area contributed by atoms with Crippen molar-refractivity contribution in [3.63, 3.8) is 0 Å². The average Bonchev–Trinajstić information content (AvgIpc) is 2.87. The summed E-state index contributed by atoms with van der Waals surface area (Å²) in [6, 6.07) is 1.70. The van der Waals surface area contributed by atoms with Gasteiger partial charge in [0.25, 0.3) is 5.91 Å². The number of alkyl halides is 1. The molecule has 17 heavy (non-hydrogen) atoms. The van der Waals surface area contributed by atoms with Crippen LogP contribution >= 0.6 is 22.9 Å². The average molecular weight is 277 g/mol. The van der Waals surface area contributed by atoms with Gasteiger partial charge in [-0.25, -0.2) is 4.39 Å². The standard InChI is InChI=1S/C11H14ClFN2OS/c12-9-2-6-17-10(9)11(16)14-3-5-15-4-1-8(13)7-15/h2,6,8H,1,3-5,7H2,(H,14,16). The molecule has 0 radical (unpaired) electrons. The number of hydrogen-bond donors (Lipinski definition) is 1. The Balaban J connectivity index is 1.72. The van der Waals surface area contributed by atoms with Crippen LogP contribution in [0.25, 0.3) is 0 Å². The second kappa shape index (κ2) is 5.80. The van der Waals surface area contributed by atoms with Gasteiger partial charge in [0.05, 0.1) is 5.02 Å². The number of carbonyl (C=O) groups is 1. The van der Waals surface area contributed by atoms with Crippen molar-refractivity contribution in [1.29, 1.82) is 0 Å². The van der Waals surface area contributed by atoms with Crippen LogP contribution < -0.4 is 5.32 Å². The van der Waals surface area contributed by atoms with E-state index in [9.17, 15) is 9.18 Å². The van der Waals surface area contributed by atoms with Crippen LogP contribution in [-0.2, 0) is 0 Å². The number of halogens is 2. The first-order valence-corrected chi connectivity index (χ1v) is 6.80. The van der Waals surface area contributed by atoms with E-state index in [0.29, 0.717) is 36.0 Å². The van der Waals surface area contributed by atoms with Crippen molar-refractivity contribution < 1.29 is 9.18 Å². The Hall–Kier alpha value is -0.650. The lowest BCUT2D eigenvalue weighted by Crippen LogP contribution is -2.33. The van der Waals surface area contributed by atoms with Gasteiger partial charge >= 0.3 is 0 Å². The molecule has 0 aromatic carbocycles. The molecule has 0 bridgehead atoms. The SMILES string of the molecule is O=C(NCCN1CCC(F)C1)c1sccc1Cl. The van der Waals surface area contributed by atoms with Gasteiger partial charge in [0, 0.05) is 26.2 Å². The minimum absolute atomic E-state index is 0.152. The van der Waals surface area contributed by atoms with E-state index < -0.39 is 6.17 Å². The second-order valence-corrected chi connectivity index (χ2v) is 5.36. The summed E-state index contributed by atoms with van der Waals surface area (Å²) in [6.45, 7) is 2.47. The van der Waals surface area contributed by atoms with Crippen molar-refractivity contribution in [3.05, 3.63) is 21.3 Å². The predicted molar refractivity (Wildman–Crippen MR) is 67.6 cm³/mol. The van der Waals surface area contributed by atoms with Crippen molar-refractivity contribution >= 4 is 28.8 Å². The summed E-state index contributed by atoms with van der Waals surface area (Å²) in [5.74, 6) is -0.152. The molecule has 1 unspecified atom stereocenters. The van der Waals surface area contributed by atoms with Crippen LogP contribution in [0.15, 0.2) is 11.4 Å². The van der Waals surface area contributed by atoms with Crippen LogP contribution in [-0.4, -0.2) is 43.2 Å². The van der Waals surface area contributed by atoms with Gasteiger partial charge in [0.15, 0.2) is 0 Å². The molecule has 2 rings (SSSR count). The Kier molecular flexibility index (Phi) is 4.36. The summed E-state index contributed by atoms with van der Waals surface area (Å²) in [4.78, 5) is 14.2. The summed E-state index contributed by atoms with van der Waals surface area (Å²) in [5.41, 5.74) is 0. The summed E-state index contributed by atoms with van der Waals surface area (Å²) in [7, 11) is 0. The first-order valence-electron chi connectivity index (χ1n) is 5.54. The quantitative estimate of drug-likeness (QED) is 0.914. The van der Waals surface area contributed by atoms with Gasteiger partial charge in [0.1, 0.15) is 11.0 Å². The van der Waals surface area contributed by atoms with E-state index in [1.165, 1.54) is 11.3 Å². The van der Waals surface area contributed by atoms with Gasteiger partial charge in [-0.1, -0.05) is 11.6 Å². The van der Waals surface area contributed by atoms with Crippen molar-refractivity contribution in [1.82, 2.24) is 10.2 Å². The third-order valence-electron chi connectivity index (χ3n) is 2.75. The van der Waals surface area contributed by atoms with E-state index in [-0.39, 0.29) is 5.91 Å². The van der Waals surface area contributed by atoms with Crippen LogP contribution in [0.2, 0.25) is 5.02 Å². The maximum atomic E-state index is 12.9. The lowest BCUT2D eigenvalue weighted by molar-refractivity contribution is 0.0953. The maximum Gasteiger partial charge on any atom is 0.262 e. The Morgan fingerprint density at radius 2 is 2.53 bits per heavy atom. The topological polar surface area (TPSA) is 32.3 Å². The summed E-state index contributed by atoms with van der Waals surface area (Å²) >= 11 is 7.17. The van der Waals surface area contributed by atoms with Crippen LogP contribution in [0, 0.1) is 0 Å². The van der Waals surface area contributed by atoms with Crippen LogP contribution in [0.5, 0.6) is 0 Å². The van der Waals surface area contributed by atoms with E-state index >= 15 is 0 Å². The van der Waals surface area contributed by atoms with Crippen LogP contribution in [0.3, 0.4) is 0 Å². The summed E-state index contributed by atoms with van der Waals surface area (Å²) in [5, 5.41) is 5.06. The molecule has 1 saturated heterocycles. The molecule has 1 aliphatic rings. The lowest BCUT2D eigenvalue weighted by atomic mass is 10.3. The van der Waals surface area contributed by atoms with Gasteiger partial charge < -0.3 is 5.32 Å². The molecular weight excluding hydrogens is 263 g/mol. The van der Waals surface area contributed by atoms with Crippen LogP contribution in [0.1, 0.15) is 16.1 Å². The lowest BCUT2D eigenvalue weighted by Gasteiger charge is -2.14. The highest BCUT2D eigenvalue weighted by atomic mass is 35.5. The molecule has 3 nitrogen and oxygen atoms in total. The predicted octanol–water partition coefficient (Wildman–Crippen LogP) is 2.18. The van der Waals surface area contributed by atoms with Gasteiger partial charge in [-0.05, 0) is 17.9 Å². The van der Waals surface area contributed by atoms with E-state index in [1.807, 2.05) is 4.90 Å². The molecule has 2 heterocycles. The number of nitrogens with zero attached hydrogens (tertiary/aromatic N) is 1. The molecular formula is C11H14ClFN2OS. The molecule has 1 N–H and O–H groups in total. The Morgan fingerprint density at radius 3 is 3.12 bits per heavy atom. The first-order chi connectivity index (χ1) is 8.16. The molecule has 0 saturated carbocycles. The molecule has 1 aromatic heterocycles. The third-order valence-corrected chi connectivity index (χ3v) is 4.09. The molecule has 1 amide bonds. The first kappa shape index (κ1) is 12.8. The third kappa shape index (κ3) is 3.40. The summed E-state index contributed by atoms with van der Waals surface area (Å²) in [6.07, 6.45) is -0.109. The number of thiophene rings is 1. The van der Waals surface area contributed by atoms with Crippen LogP contribution in [0.4, 0.5) is 4.39 Å². The largest absolute Gasteiger partial charge is 0.350 e. The number of hydrogen-bond acceptors (Lipinski definition) is 3. The van der Waals surface area contributed by atoms with Gasteiger partial charge in [-0.2, -0.15) is 0 Å². The van der Waals surface area contributed by atoms with E-state index in [4.69, 9.17) is 11.6 Å². The van der Waals surface area contributed by atoms with Crippen molar-refractivity contribution in [2.75, 3.05) is 26.2 Å². The highest BCUT2D eigenvalue weighted by Crippen LogP contribution is 2.21. The minimum atomic E-state index is -0.711. The number of nitrogens with one attached hydrogen (secondary N) is 1. The Morgan fingerprint density at radius 1 is 1.71 bits per heavy atom. The summed E-state index contributed by atoms with van der Waals surface area (Å²) < 4.78 is 12.9. The van der Waals surface area contributed by atoms with Gasteiger partial charge in [-0.15, -0.1) is 11.3 Å². The highest BCUT2D eigenvalue weighted by Gasteiger charge is 2.21. The molecule has 1 aromatic rings. The van der Waals surface area contributed by atoms with Gasteiger partial charge in [-0.3, -0.25) is 9.69 Å². The molecule has 1 atom stereocenters. The Labute approximate surface area is 109 Å². The molecule has 0 spiro atoms. The number of amides is 1. The molecule has 0 aliphatic carbocycles. The number of likely N-dealkylation sites (tertiary alicyclic amines) is 1. The smallest absolute Gasteiger partial charge is 0.262 e. The van der Waals surface area contributed by atoms with Gasteiger partial charge in [0.2, 0.25) is 0 Å². The molecule has 1 fully saturated rings.